The summed E-state index contributed by atoms with van der Waals surface area (Å²) in [4.78, 5) is 9.68. The minimum Gasteiger partial charge on any atom is -0.372 e. The van der Waals surface area contributed by atoms with Crippen molar-refractivity contribution in [2.24, 2.45) is 0 Å². The fourth-order valence-corrected chi connectivity index (χ4v) is 11.8. The number of sulfone groups is 1. The van der Waals surface area contributed by atoms with Gasteiger partial charge in [0.2, 0.25) is 9.84 Å². The van der Waals surface area contributed by atoms with Crippen LogP contribution in [0.2, 0.25) is 0 Å². The molecule has 55 heavy (non-hydrogen) atoms. The molecule has 0 unspecified atom stereocenters. The Hall–Kier alpha value is -5.29. The van der Waals surface area contributed by atoms with E-state index in [0.29, 0.717) is 47.3 Å². The van der Waals surface area contributed by atoms with E-state index in [4.69, 9.17) is 9.47 Å². The number of benzene rings is 7. The third kappa shape index (κ3) is 5.52. The van der Waals surface area contributed by atoms with Crippen molar-refractivity contribution in [3.63, 3.8) is 0 Å². The number of rotatable bonds is 0. The molecule has 0 spiro atoms. The van der Waals surface area contributed by atoms with Crippen LogP contribution in [0.1, 0.15) is 22.3 Å². The molecule has 268 valence electrons. The average molecular weight is 773 g/mol. The van der Waals surface area contributed by atoms with Crippen LogP contribution in [-0.2, 0) is 45.7 Å². The van der Waals surface area contributed by atoms with Crippen molar-refractivity contribution in [1.29, 1.82) is 0 Å². The Kier molecular flexibility index (Phi) is 7.76. The van der Waals surface area contributed by atoms with Crippen LogP contribution in [0.5, 0.6) is 0 Å². The highest BCUT2D eigenvalue weighted by Gasteiger charge is 2.36. The van der Waals surface area contributed by atoms with Crippen molar-refractivity contribution in [3.05, 3.63) is 168 Å². The summed E-state index contributed by atoms with van der Waals surface area (Å²) < 4.78 is 40.9. The van der Waals surface area contributed by atoms with Crippen molar-refractivity contribution < 1.29 is 17.9 Å². The summed E-state index contributed by atoms with van der Waals surface area (Å²) in [6, 6.07) is 49.7. The monoisotopic (exact) mass is 772 g/mol. The second-order valence-electron chi connectivity index (χ2n) is 14.1. The lowest BCUT2D eigenvalue weighted by molar-refractivity contribution is 0.103. The molecule has 11 rings (SSSR count). The van der Waals surface area contributed by atoms with Crippen LogP contribution in [0.15, 0.2) is 175 Å². The maximum atomic E-state index is 14.2. The predicted octanol–water partition coefficient (Wildman–Crippen LogP) is 12.1. The van der Waals surface area contributed by atoms with Gasteiger partial charge in [-0.2, -0.15) is 0 Å². The van der Waals surface area contributed by atoms with Gasteiger partial charge in [0.1, 0.15) is 0 Å². The molecule has 4 heterocycles. The lowest BCUT2D eigenvalue weighted by atomic mass is 10.0. The van der Waals surface area contributed by atoms with Gasteiger partial charge in [0.15, 0.2) is 0 Å². The zero-order valence-corrected chi connectivity index (χ0v) is 31.9. The van der Waals surface area contributed by atoms with E-state index in [0.717, 1.165) is 76.0 Å². The molecule has 4 aliphatic heterocycles. The number of anilines is 6. The Balaban J connectivity index is 1.11. The minimum atomic E-state index is -3.73. The van der Waals surface area contributed by atoms with E-state index in [2.05, 4.69) is 119 Å². The molecule has 0 N–H and O–H groups in total. The van der Waals surface area contributed by atoms with Gasteiger partial charge >= 0.3 is 0 Å². The summed E-state index contributed by atoms with van der Waals surface area (Å²) >= 11 is 3.49. The molecule has 6 nitrogen and oxygen atoms in total. The fourth-order valence-electron chi connectivity index (χ4n) is 8.04. The molecule has 0 fully saturated rings. The molecule has 7 aromatic rings. The molecule has 9 heteroatoms. The standard InChI is InChI=1S/C46H32N2O4S3/c49-55(50)45-18-14-33-23-35(45)36-24-34(15-19-46(36)55)48-38-9-2-4-11-42(38)54-44-17-13-32(22-40(44)48)28-52-26-30-7-5-6-29(20-30)25-51-27-31-12-16-43-39(21-31)47(33)37-8-1-3-10-41(37)53-43/h1-24H,25-28H2. The Bertz CT molecular complexity index is 2660. The molecule has 0 aromatic heterocycles. The second-order valence-corrected chi connectivity index (χ2v) is 18.1. The van der Waals surface area contributed by atoms with Crippen molar-refractivity contribution in [1.82, 2.24) is 0 Å². The Morgan fingerprint density at radius 2 is 0.855 bits per heavy atom. The highest BCUT2D eigenvalue weighted by atomic mass is 32.2. The summed E-state index contributed by atoms with van der Waals surface area (Å²) in [5.41, 5.74) is 11.7. The zero-order valence-electron chi connectivity index (χ0n) is 29.4. The van der Waals surface area contributed by atoms with E-state index < -0.39 is 9.84 Å². The highest BCUT2D eigenvalue weighted by molar-refractivity contribution is 8.00. The zero-order chi connectivity index (χ0) is 36.7. The predicted molar refractivity (Wildman–Crippen MR) is 218 cm³/mol. The van der Waals surface area contributed by atoms with Crippen LogP contribution in [0.25, 0.3) is 11.1 Å². The second kappa shape index (κ2) is 12.9. The number of fused-ring (bicyclic) bond motifs is 12. The quantitative estimate of drug-likeness (QED) is 0.151. The van der Waals surface area contributed by atoms with Gasteiger partial charge in [-0.3, -0.25) is 0 Å². The summed E-state index contributed by atoms with van der Waals surface area (Å²) in [7, 11) is -3.73. The van der Waals surface area contributed by atoms with Gasteiger partial charge in [0.05, 0.1) is 59.0 Å². The van der Waals surface area contributed by atoms with E-state index in [1.54, 1.807) is 35.7 Å². The van der Waals surface area contributed by atoms with Crippen LogP contribution >= 0.6 is 23.5 Å². The Morgan fingerprint density at radius 1 is 0.418 bits per heavy atom. The molecule has 7 aromatic carbocycles. The van der Waals surface area contributed by atoms with Crippen molar-refractivity contribution in [3.8, 4) is 11.1 Å². The molecular weight excluding hydrogens is 741 g/mol. The van der Waals surface area contributed by atoms with Crippen LogP contribution in [0.4, 0.5) is 34.1 Å². The maximum absolute atomic E-state index is 14.2. The Labute approximate surface area is 328 Å². The van der Waals surface area contributed by atoms with Gasteiger partial charge in [-0.05, 0) is 107 Å². The number of ether oxygens (including phenoxy) is 2. The van der Waals surface area contributed by atoms with Crippen molar-refractivity contribution in [2.45, 2.75) is 55.8 Å². The molecule has 0 amide bonds. The fraction of sp³-hybridized carbons (Fsp3) is 0.0870. The first-order valence-electron chi connectivity index (χ1n) is 18.1. The summed E-state index contributed by atoms with van der Waals surface area (Å²) in [5, 5.41) is 0. The van der Waals surface area contributed by atoms with Crippen LogP contribution in [0, 0.1) is 0 Å². The molecule has 0 aliphatic carbocycles. The average Bonchev–Trinajstić information content (AvgIpc) is 3.43. The normalized spacial score (nSPS) is 16.0. The molecule has 0 saturated heterocycles. The van der Waals surface area contributed by atoms with Crippen molar-refractivity contribution in [2.75, 3.05) is 9.80 Å². The number of hydrogen-bond donors (Lipinski definition) is 0. The van der Waals surface area contributed by atoms with Gasteiger partial charge < -0.3 is 19.3 Å². The van der Waals surface area contributed by atoms with E-state index in [-0.39, 0.29) is 0 Å². The van der Waals surface area contributed by atoms with Gasteiger partial charge in [0.25, 0.3) is 0 Å². The summed E-state index contributed by atoms with van der Waals surface area (Å²) in [5.74, 6) is 0. The molecule has 0 atom stereocenters. The summed E-state index contributed by atoms with van der Waals surface area (Å²) in [6.07, 6.45) is 0. The molecule has 10 bridgehead atoms. The molecule has 0 saturated carbocycles. The van der Waals surface area contributed by atoms with E-state index in [9.17, 15) is 8.42 Å². The smallest absolute Gasteiger partial charge is 0.207 e. The number of para-hydroxylation sites is 2. The highest BCUT2D eigenvalue weighted by Crippen LogP contribution is 2.56. The minimum absolute atomic E-state index is 0.328. The largest absolute Gasteiger partial charge is 0.372 e. The van der Waals surface area contributed by atoms with E-state index in [1.165, 1.54) is 0 Å². The van der Waals surface area contributed by atoms with E-state index in [1.807, 2.05) is 24.3 Å². The molecule has 4 aliphatic rings. The third-order valence-electron chi connectivity index (χ3n) is 10.6. The lowest BCUT2D eigenvalue weighted by Gasteiger charge is -2.34. The lowest BCUT2D eigenvalue weighted by Crippen LogP contribution is -2.15. The SMILES string of the molecule is O=S1(=O)c2ccc3cc2-c2cc(ccc21)N1c2ccccc2Sc2ccc(cc21)COCc1cccc(c1)COCc1ccc2c(c1)N3c1ccccc1S2. The first kappa shape index (κ1) is 33.1. The van der Waals surface area contributed by atoms with Gasteiger partial charge in [-0.15, -0.1) is 0 Å². The maximum Gasteiger partial charge on any atom is 0.207 e. The van der Waals surface area contributed by atoms with Gasteiger partial charge in [-0.1, -0.05) is 84.2 Å². The topological polar surface area (TPSA) is 59.1 Å². The van der Waals surface area contributed by atoms with E-state index >= 15 is 0 Å². The first-order chi connectivity index (χ1) is 27.0. The number of nitrogens with zero attached hydrogens (tertiary/aromatic N) is 2. The first-order valence-corrected chi connectivity index (χ1v) is 21.3. The van der Waals surface area contributed by atoms with Gasteiger partial charge in [-0.25, -0.2) is 8.42 Å². The van der Waals surface area contributed by atoms with Crippen LogP contribution in [0.3, 0.4) is 0 Å². The Morgan fingerprint density at radius 3 is 1.35 bits per heavy atom. The van der Waals surface area contributed by atoms with Crippen LogP contribution in [-0.4, -0.2) is 8.42 Å². The molecular formula is C46H32N2O4S3. The summed E-state index contributed by atoms with van der Waals surface area (Å²) in [6.45, 7) is 1.85. The van der Waals surface area contributed by atoms with Gasteiger partial charge in [0, 0.05) is 42.1 Å². The van der Waals surface area contributed by atoms with Crippen molar-refractivity contribution >= 4 is 67.5 Å². The third-order valence-corrected chi connectivity index (χ3v) is 14.7. The van der Waals surface area contributed by atoms with Crippen LogP contribution < -0.4 is 9.80 Å². The molecule has 0 radical (unpaired) electrons. The number of hydrogen-bond acceptors (Lipinski definition) is 8.